The molecule has 1 aliphatic rings. The molecule has 0 aliphatic heterocycles. The Hall–Kier alpha value is -3.56. The molecule has 4 aromatic heterocycles. The first-order valence-electron chi connectivity index (χ1n) is 10.1. The van der Waals surface area contributed by atoms with Crippen LogP contribution in [0.25, 0.3) is 16.9 Å². The van der Waals surface area contributed by atoms with Crippen LogP contribution in [-0.2, 0) is 7.05 Å². The Morgan fingerprint density at radius 3 is 2.70 bits per heavy atom. The van der Waals surface area contributed by atoms with E-state index in [-0.39, 0.29) is 11.6 Å². The average molecular weight is 405 g/mol. The van der Waals surface area contributed by atoms with Crippen molar-refractivity contribution in [1.82, 2.24) is 39.1 Å². The smallest absolute Gasteiger partial charge is 0.267 e. The second-order valence-electron chi connectivity index (χ2n) is 7.77. The highest BCUT2D eigenvalue weighted by atomic mass is 16.1. The summed E-state index contributed by atoms with van der Waals surface area (Å²) in [6, 6.07) is 5.65. The van der Waals surface area contributed by atoms with Crippen LogP contribution in [0.3, 0.4) is 0 Å². The molecule has 30 heavy (non-hydrogen) atoms. The molecule has 10 nitrogen and oxygen atoms in total. The van der Waals surface area contributed by atoms with Crippen molar-refractivity contribution < 1.29 is 0 Å². The lowest BCUT2D eigenvalue weighted by Crippen LogP contribution is -2.33. The number of aryl methyl sites for hydroxylation is 2. The van der Waals surface area contributed by atoms with E-state index in [2.05, 4.69) is 48.0 Å². The first-order chi connectivity index (χ1) is 14.6. The molecule has 0 aromatic carbocycles. The molecule has 1 aliphatic carbocycles. The summed E-state index contributed by atoms with van der Waals surface area (Å²) >= 11 is 0. The van der Waals surface area contributed by atoms with Gasteiger partial charge in [0.1, 0.15) is 24.5 Å². The van der Waals surface area contributed by atoms with Gasteiger partial charge in [-0.2, -0.15) is 5.10 Å². The first-order valence-corrected chi connectivity index (χ1v) is 10.1. The van der Waals surface area contributed by atoms with Crippen LogP contribution >= 0.6 is 0 Å². The Kier molecular flexibility index (Phi) is 4.53. The van der Waals surface area contributed by atoms with Gasteiger partial charge in [-0.1, -0.05) is 0 Å². The molecule has 1 saturated carbocycles. The van der Waals surface area contributed by atoms with Crippen molar-refractivity contribution >= 4 is 16.9 Å². The van der Waals surface area contributed by atoms with E-state index in [4.69, 9.17) is 0 Å². The topological polar surface area (TPSA) is 108 Å². The maximum absolute atomic E-state index is 12.4. The lowest BCUT2D eigenvalue weighted by Gasteiger charge is -2.30. The van der Waals surface area contributed by atoms with Crippen molar-refractivity contribution in [2.75, 3.05) is 5.32 Å². The molecule has 4 aromatic rings. The van der Waals surface area contributed by atoms with E-state index >= 15 is 0 Å². The normalized spacial score (nSPS) is 19.3. The van der Waals surface area contributed by atoms with Crippen LogP contribution in [0, 0.1) is 6.92 Å². The van der Waals surface area contributed by atoms with Gasteiger partial charge in [-0.25, -0.2) is 24.3 Å². The molecule has 0 unspecified atom stereocenters. The Labute approximate surface area is 172 Å². The van der Waals surface area contributed by atoms with E-state index in [0.29, 0.717) is 11.9 Å². The lowest BCUT2D eigenvalue weighted by atomic mass is 9.91. The maximum Gasteiger partial charge on any atom is 0.267 e. The molecule has 0 radical (unpaired) electrons. The third-order valence-electron chi connectivity index (χ3n) is 5.91. The number of anilines is 1. The number of hydrogen-bond donors (Lipinski definition) is 1. The van der Waals surface area contributed by atoms with Gasteiger partial charge in [0.2, 0.25) is 0 Å². The number of nitrogens with one attached hydrogen (secondary N) is 1. The minimum atomic E-state index is -0.0907. The molecule has 5 rings (SSSR count). The van der Waals surface area contributed by atoms with Crippen molar-refractivity contribution in [1.29, 1.82) is 0 Å². The SMILES string of the molecule is Cc1cc2ncnc(NC3CCC(n4nc(-n5cncn5)ccc4=O)CC3)c2n1C. The molecule has 0 spiro atoms. The van der Waals surface area contributed by atoms with Crippen LogP contribution in [0.1, 0.15) is 37.4 Å². The fraction of sp³-hybridized carbons (Fsp3) is 0.400. The Morgan fingerprint density at radius 1 is 1.10 bits per heavy atom. The van der Waals surface area contributed by atoms with Gasteiger partial charge in [0.15, 0.2) is 11.6 Å². The summed E-state index contributed by atoms with van der Waals surface area (Å²) in [4.78, 5) is 25.2. The molecule has 154 valence electrons. The van der Waals surface area contributed by atoms with E-state index in [9.17, 15) is 4.79 Å². The number of aromatic nitrogens is 8. The maximum atomic E-state index is 12.4. The van der Waals surface area contributed by atoms with Crippen LogP contribution in [0.2, 0.25) is 0 Å². The Balaban J connectivity index is 1.32. The van der Waals surface area contributed by atoms with Gasteiger partial charge in [-0.15, -0.1) is 5.10 Å². The molecule has 0 saturated heterocycles. The fourth-order valence-electron chi connectivity index (χ4n) is 4.19. The average Bonchev–Trinajstić information content (AvgIpc) is 3.38. The highest BCUT2D eigenvalue weighted by Gasteiger charge is 2.25. The predicted octanol–water partition coefficient (Wildman–Crippen LogP) is 2.01. The first kappa shape index (κ1) is 18.5. The van der Waals surface area contributed by atoms with E-state index in [1.807, 2.05) is 7.05 Å². The third kappa shape index (κ3) is 3.23. The predicted molar refractivity (Wildman–Crippen MR) is 112 cm³/mol. The minimum absolute atomic E-state index is 0.0710. The number of nitrogens with zero attached hydrogens (tertiary/aromatic N) is 8. The standard InChI is InChI=1S/C20H23N9O/c1-13-9-16-19(27(13)2)20(23-11-22-16)25-14-3-5-15(6-4-14)29-18(30)8-7-17(26-29)28-12-21-10-24-28/h7-12,14-15H,3-6H2,1-2H3,(H,22,23,25). The summed E-state index contributed by atoms with van der Waals surface area (Å²) in [7, 11) is 2.03. The van der Waals surface area contributed by atoms with Crippen molar-refractivity contribution in [3.8, 4) is 5.82 Å². The van der Waals surface area contributed by atoms with Crippen LogP contribution in [0.5, 0.6) is 0 Å². The lowest BCUT2D eigenvalue weighted by molar-refractivity contribution is 0.302. The van der Waals surface area contributed by atoms with Crippen molar-refractivity contribution in [2.45, 2.75) is 44.7 Å². The zero-order valence-corrected chi connectivity index (χ0v) is 16.9. The fourth-order valence-corrected chi connectivity index (χ4v) is 4.19. The van der Waals surface area contributed by atoms with E-state index in [1.165, 1.54) is 6.33 Å². The summed E-state index contributed by atoms with van der Waals surface area (Å²) < 4.78 is 5.27. The molecule has 1 fully saturated rings. The van der Waals surface area contributed by atoms with Gasteiger partial charge in [0.25, 0.3) is 5.56 Å². The quantitative estimate of drug-likeness (QED) is 0.553. The van der Waals surface area contributed by atoms with Gasteiger partial charge < -0.3 is 9.88 Å². The van der Waals surface area contributed by atoms with Crippen LogP contribution in [0.15, 0.2) is 42.0 Å². The number of rotatable bonds is 4. The third-order valence-corrected chi connectivity index (χ3v) is 5.91. The molecule has 4 heterocycles. The highest BCUT2D eigenvalue weighted by Crippen LogP contribution is 2.30. The van der Waals surface area contributed by atoms with E-state index < -0.39 is 0 Å². The van der Waals surface area contributed by atoms with Gasteiger partial charge >= 0.3 is 0 Å². The number of hydrogen-bond acceptors (Lipinski definition) is 7. The van der Waals surface area contributed by atoms with E-state index in [0.717, 1.165) is 48.2 Å². The molecular formula is C20H23N9O. The van der Waals surface area contributed by atoms with Gasteiger partial charge in [0.05, 0.1) is 11.6 Å². The van der Waals surface area contributed by atoms with Crippen LogP contribution in [0.4, 0.5) is 5.82 Å². The summed E-state index contributed by atoms with van der Waals surface area (Å²) in [5.74, 6) is 1.46. The van der Waals surface area contributed by atoms with Crippen LogP contribution < -0.4 is 10.9 Å². The summed E-state index contributed by atoms with van der Waals surface area (Å²) in [5, 5.41) is 12.2. The summed E-state index contributed by atoms with van der Waals surface area (Å²) in [6.45, 7) is 2.06. The van der Waals surface area contributed by atoms with Gasteiger partial charge in [-0.05, 0) is 44.7 Å². The van der Waals surface area contributed by atoms with Gasteiger partial charge in [-0.3, -0.25) is 4.79 Å². The van der Waals surface area contributed by atoms with Crippen molar-refractivity contribution in [3.63, 3.8) is 0 Å². The van der Waals surface area contributed by atoms with Gasteiger partial charge in [0, 0.05) is 24.8 Å². The zero-order chi connectivity index (χ0) is 20.7. The highest BCUT2D eigenvalue weighted by molar-refractivity contribution is 5.87. The molecule has 10 heteroatoms. The molecule has 1 N–H and O–H groups in total. The van der Waals surface area contributed by atoms with Crippen molar-refractivity contribution in [2.24, 2.45) is 7.05 Å². The van der Waals surface area contributed by atoms with Crippen molar-refractivity contribution in [3.05, 3.63) is 53.2 Å². The Morgan fingerprint density at radius 2 is 1.93 bits per heavy atom. The second-order valence-corrected chi connectivity index (χ2v) is 7.77. The number of fused-ring (bicyclic) bond motifs is 1. The molecule has 0 bridgehead atoms. The largest absolute Gasteiger partial charge is 0.365 e. The zero-order valence-electron chi connectivity index (χ0n) is 16.9. The monoisotopic (exact) mass is 405 g/mol. The Bertz CT molecular complexity index is 1230. The molecular weight excluding hydrogens is 382 g/mol. The molecule has 0 atom stereocenters. The minimum Gasteiger partial charge on any atom is -0.365 e. The summed E-state index contributed by atoms with van der Waals surface area (Å²) in [5.41, 5.74) is 3.03. The second kappa shape index (κ2) is 7.36. The van der Waals surface area contributed by atoms with E-state index in [1.54, 1.807) is 34.2 Å². The molecule has 0 amide bonds. The summed E-state index contributed by atoms with van der Waals surface area (Å²) in [6.07, 6.45) is 8.23. The van der Waals surface area contributed by atoms with Crippen LogP contribution in [-0.4, -0.2) is 45.1 Å².